The third-order valence-electron chi connectivity index (χ3n) is 2.97. The monoisotopic (exact) mass is 297 g/mol. The Balaban J connectivity index is 1.95. The van der Waals surface area contributed by atoms with E-state index in [2.05, 4.69) is 38.3 Å². The van der Waals surface area contributed by atoms with Crippen molar-refractivity contribution in [3.05, 3.63) is 28.7 Å². The predicted octanol–water partition coefficient (Wildman–Crippen LogP) is 1.91. The zero-order valence-corrected chi connectivity index (χ0v) is 11.4. The minimum atomic E-state index is 0.0143. The van der Waals surface area contributed by atoms with Crippen LogP contribution >= 0.6 is 15.9 Å². The summed E-state index contributed by atoms with van der Waals surface area (Å²) in [5, 5.41) is 2.66. The molecule has 0 bridgehead atoms. The number of amides is 2. The van der Waals surface area contributed by atoms with Gasteiger partial charge in [0.2, 0.25) is 0 Å². The number of piperazine rings is 1. The smallest absolute Gasteiger partial charge is 0.317 e. The maximum atomic E-state index is 11.4. The summed E-state index contributed by atoms with van der Waals surface area (Å²) in [6.45, 7) is 3.32. The van der Waals surface area contributed by atoms with Gasteiger partial charge in [0.1, 0.15) is 0 Å². The molecule has 0 saturated carbocycles. The fourth-order valence-electron chi connectivity index (χ4n) is 1.98. The number of anilines is 1. The summed E-state index contributed by atoms with van der Waals surface area (Å²) in [5.74, 6) is 0. The maximum absolute atomic E-state index is 11.4. The van der Waals surface area contributed by atoms with Gasteiger partial charge >= 0.3 is 6.03 Å². The van der Waals surface area contributed by atoms with E-state index < -0.39 is 0 Å². The Morgan fingerprint density at radius 2 is 1.76 bits per heavy atom. The number of carbonyl (C=O) groups excluding carboxylic acids is 1. The molecule has 17 heavy (non-hydrogen) atoms. The maximum Gasteiger partial charge on any atom is 0.317 e. The highest BCUT2D eigenvalue weighted by atomic mass is 79.9. The SMILES string of the molecule is CNC(=O)N1CCN(c2ccc(Br)cc2)CC1. The molecule has 1 aromatic rings. The van der Waals surface area contributed by atoms with Crippen molar-refractivity contribution < 1.29 is 4.79 Å². The number of urea groups is 1. The van der Waals surface area contributed by atoms with Crippen molar-refractivity contribution in [3.8, 4) is 0 Å². The van der Waals surface area contributed by atoms with E-state index >= 15 is 0 Å². The van der Waals surface area contributed by atoms with Gasteiger partial charge in [0, 0.05) is 43.4 Å². The van der Waals surface area contributed by atoms with Crippen molar-refractivity contribution >= 4 is 27.6 Å². The van der Waals surface area contributed by atoms with Crippen LogP contribution in [0, 0.1) is 0 Å². The summed E-state index contributed by atoms with van der Waals surface area (Å²) in [6.07, 6.45) is 0. The summed E-state index contributed by atoms with van der Waals surface area (Å²) >= 11 is 3.43. The fraction of sp³-hybridized carbons (Fsp3) is 0.417. The Hall–Kier alpha value is -1.23. The van der Waals surface area contributed by atoms with Crippen LogP contribution in [0.1, 0.15) is 0 Å². The third kappa shape index (κ3) is 2.91. The average molecular weight is 298 g/mol. The molecule has 1 fully saturated rings. The van der Waals surface area contributed by atoms with Crippen molar-refractivity contribution in [2.75, 3.05) is 38.1 Å². The summed E-state index contributed by atoms with van der Waals surface area (Å²) in [4.78, 5) is 15.6. The van der Waals surface area contributed by atoms with Crippen LogP contribution in [0.15, 0.2) is 28.7 Å². The van der Waals surface area contributed by atoms with E-state index in [-0.39, 0.29) is 6.03 Å². The van der Waals surface area contributed by atoms with E-state index in [9.17, 15) is 4.79 Å². The largest absolute Gasteiger partial charge is 0.368 e. The molecule has 0 atom stereocenters. The van der Waals surface area contributed by atoms with E-state index in [1.54, 1.807) is 7.05 Å². The second-order valence-corrected chi connectivity index (χ2v) is 4.92. The summed E-state index contributed by atoms with van der Waals surface area (Å²) in [6, 6.07) is 8.29. The van der Waals surface area contributed by atoms with Gasteiger partial charge in [0.15, 0.2) is 0 Å². The highest BCUT2D eigenvalue weighted by molar-refractivity contribution is 9.10. The first kappa shape index (κ1) is 12.2. The Morgan fingerprint density at radius 1 is 1.18 bits per heavy atom. The van der Waals surface area contributed by atoms with Crippen LogP contribution in [0.5, 0.6) is 0 Å². The molecule has 92 valence electrons. The van der Waals surface area contributed by atoms with E-state index in [4.69, 9.17) is 0 Å². The number of carbonyl (C=O) groups is 1. The molecule has 0 aromatic heterocycles. The summed E-state index contributed by atoms with van der Waals surface area (Å²) in [5.41, 5.74) is 1.21. The predicted molar refractivity (Wildman–Crippen MR) is 72.4 cm³/mol. The normalized spacial score (nSPS) is 15.9. The van der Waals surface area contributed by atoms with Gasteiger partial charge in [-0.1, -0.05) is 15.9 Å². The van der Waals surface area contributed by atoms with Gasteiger partial charge in [0.05, 0.1) is 0 Å². The molecule has 0 radical (unpaired) electrons. The van der Waals surface area contributed by atoms with Crippen molar-refractivity contribution in [1.82, 2.24) is 10.2 Å². The van der Waals surface area contributed by atoms with E-state index in [0.29, 0.717) is 0 Å². The standard InChI is InChI=1S/C12H16BrN3O/c1-14-12(17)16-8-6-15(7-9-16)11-4-2-10(13)3-5-11/h2-5H,6-9H2,1H3,(H,14,17). The average Bonchev–Trinajstić information content (AvgIpc) is 2.39. The number of rotatable bonds is 1. The quantitative estimate of drug-likeness (QED) is 0.859. The fourth-order valence-corrected chi connectivity index (χ4v) is 2.24. The molecule has 0 unspecified atom stereocenters. The number of benzene rings is 1. The van der Waals surface area contributed by atoms with Crippen LogP contribution in [0.2, 0.25) is 0 Å². The molecule has 1 aliphatic heterocycles. The van der Waals surface area contributed by atoms with Crippen LogP contribution in [0.3, 0.4) is 0 Å². The zero-order chi connectivity index (χ0) is 12.3. The van der Waals surface area contributed by atoms with E-state index in [0.717, 1.165) is 30.7 Å². The molecule has 4 nitrogen and oxygen atoms in total. The van der Waals surface area contributed by atoms with Crippen molar-refractivity contribution in [2.45, 2.75) is 0 Å². The van der Waals surface area contributed by atoms with Gasteiger partial charge in [-0.05, 0) is 24.3 Å². The summed E-state index contributed by atoms with van der Waals surface area (Å²) in [7, 11) is 1.67. The molecule has 0 spiro atoms. The Kier molecular flexibility index (Phi) is 3.89. The second kappa shape index (κ2) is 5.40. The van der Waals surface area contributed by atoms with Gasteiger partial charge in [-0.3, -0.25) is 0 Å². The van der Waals surface area contributed by atoms with Crippen molar-refractivity contribution in [3.63, 3.8) is 0 Å². The first-order chi connectivity index (χ1) is 8.20. The van der Waals surface area contributed by atoms with Gasteiger partial charge in [0.25, 0.3) is 0 Å². The Bertz CT molecular complexity index is 385. The number of hydrogen-bond donors (Lipinski definition) is 1. The lowest BCUT2D eigenvalue weighted by Crippen LogP contribution is -2.51. The van der Waals surface area contributed by atoms with E-state index in [1.807, 2.05) is 17.0 Å². The topological polar surface area (TPSA) is 35.6 Å². The Labute approximate surface area is 110 Å². The molecule has 1 aliphatic rings. The molecule has 0 aliphatic carbocycles. The van der Waals surface area contributed by atoms with Crippen LogP contribution in [0.4, 0.5) is 10.5 Å². The molecule has 2 rings (SSSR count). The highest BCUT2D eigenvalue weighted by Crippen LogP contribution is 2.19. The molecule has 1 aromatic carbocycles. The lowest BCUT2D eigenvalue weighted by Gasteiger charge is -2.35. The van der Waals surface area contributed by atoms with Crippen LogP contribution < -0.4 is 10.2 Å². The molecular formula is C12H16BrN3O. The van der Waals surface area contributed by atoms with Gasteiger partial charge in [-0.25, -0.2) is 4.79 Å². The molecule has 2 amide bonds. The van der Waals surface area contributed by atoms with Crippen LogP contribution in [-0.2, 0) is 0 Å². The van der Waals surface area contributed by atoms with Crippen LogP contribution in [0.25, 0.3) is 0 Å². The second-order valence-electron chi connectivity index (χ2n) is 4.01. The molecule has 1 N–H and O–H groups in total. The first-order valence-electron chi connectivity index (χ1n) is 5.68. The number of halogens is 1. The van der Waals surface area contributed by atoms with Gasteiger partial charge in [-0.2, -0.15) is 0 Å². The Morgan fingerprint density at radius 3 is 2.29 bits per heavy atom. The van der Waals surface area contributed by atoms with Crippen LogP contribution in [-0.4, -0.2) is 44.2 Å². The van der Waals surface area contributed by atoms with Crippen molar-refractivity contribution in [2.24, 2.45) is 0 Å². The lowest BCUT2D eigenvalue weighted by molar-refractivity contribution is 0.196. The number of nitrogens with one attached hydrogen (secondary N) is 1. The molecule has 5 heteroatoms. The molecule has 1 heterocycles. The third-order valence-corrected chi connectivity index (χ3v) is 3.50. The zero-order valence-electron chi connectivity index (χ0n) is 9.82. The van der Waals surface area contributed by atoms with Gasteiger partial charge in [-0.15, -0.1) is 0 Å². The lowest BCUT2D eigenvalue weighted by atomic mass is 10.2. The minimum Gasteiger partial charge on any atom is -0.368 e. The minimum absolute atomic E-state index is 0.0143. The van der Waals surface area contributed by atoms with E-state index in [1.165, 1.54) is 5.69 Å². The molecule has 1 saturated heterocycles. The van der Waals surface area contributed by atoms with Gasteiger partial charge < -0.3 is 15.1 Å². The first-order valence-corrected chi connectivity index (χ1v) is 6.47. The summed E-state index contributed by atoms with van der Waals surface area (Å²) < 4.78 is 1.09. The number of hydrogen-bond acceptors (Lipinski definition) is 2. The highest BCUT2D eigenvalue weighted by Gasteiger charge is 2.20. The van der Waals surface area contributed by atoms with Crippen molar-refractivity contribution in [1.29, 1.82) is 0 Å². The number of nitrogens with zero attached hydrogens (tertiary/aromatic N) is 2. The molecular weight excluding hydrogens is 282 g/mol.